The second-order valence-electron chi connectivity index (χ2n) is 3.98. The third-order valence-corrected chi connectivity index (χ3v) is 2.88. The molecule has 0 amide bonds. The van der Waals surface area contributed by atoms with E-state index in [1.807, 2.05) is 13.8 Å². The van der Waals surface area contributed by atoms with Crippen molar-refractivity contribution in [2.45, 2.75) is 43.9 Å². The van der Waals surface area contributed by atoms with Crippen molar-refractivity contribution in [3.05, 3.63) is 0 Å². The van der Waals surface area contributed by atoms with Crippen molar-refractivity contribution in [1.29, 1.82) is 0 Å². The van der Waals surface area contributed by atoms with E-state index < -0.39 is 11.6 Å². The number of hydrogen-bond donors (Lipinski definition) is 0. The Labute approximate surface area is 85.3 Å². The van der Waals surface area contributed by atoms with Crippen LogP contribution in [-0.2, 0) is 18.9 Å². The molecule has 2 aliphatic heterocycles. The fraction of sp³-hybridized carbons (Fsp3) is 1.00. The Morgan fingerprint density at radius 1 is 1.43 bits per heavy atom. The lowest BCUT2D eigenvalue weighted by atomic mass is 9.82. The average Bonchev–Trinajstić information content (AvgIpc) is 2.50. The van der Waals surface area contributed by atoms with Gasteiger partial charge in [0.2, 0.25) is 0 Å². The van der Waals surface area contributed by atoms with Crippen molar-refractivity contribution in [1.82, 2.24) is 0 Å². The number of rotatable bonds is 2. The SMILES string of the molecule is [B][C@@H]1O[C@H](COC)[C@H]2OC(C)O[C@@]12C. The molecule has 5 heteroatoms. The van der Waals surface area contributed by atoms with Crippen LogP contribution in [0.2, 0.25) is 0 Å². The Morgan fingerprint density at radius 3 is 2.79 bits per heavy atom. The van der Waals surface area contributed by atoms with Gasteiger partial charge in [-0.15, -0.1) is 0 Å². The number of hydrogen-bond acceptors (Lipinski definition) is 4. The minimum atomic E-state index is -0.539. The highest BCUT2D eigenvalue weighted by Gasteiger charge is 2.58. The molecule has 2 saturated heterocycles. The maximum atomic E-state index is 5.85. The Bertz CT molecular complexity index is 225. The van der Waals surface area contributed by atoms with Gasteiger partial charge in [0, 0.05) is 13.1 Å². The lowest BCUT2D eigenvalue weighted by Crippen LogP contribution is -2.43. The van der Waals surface area contributed by atoms with Crippen LogP contribution in [0.4, 0.5) is 0 Å². The smallest absolute Gasteiger partial charge is 0.156 e. The molecule has 78 valence electrons. The van der Waals surface area contributed by atoms with E-state index >= 15 is 0 Å². The Balaban J connectivity index is 2.14. The predicted octanol–water partition coefficient (Wildman–Crippen LogP) is 0.0463. The number of ether oxygens (including phenoxy) is 4. The van der Waals surface area contributed by atoms with Crippen molar-refractivity contribution >= 4 is 7.85 Å². The highest BCUT2D eigenvalue weighted by molar-refractivity contribution is 6.12. The summed E-state index contributed by atoms with van der Waals surface area (Å²) in [6.07, 6.45) is -0.489. The molecule has 0 aliphatic carbocycles. The molecule has 0 aromatic carbocycles. The molecule has 0 aromatic rings. The summed E-state index contributed by atoms with van der Waals surface area (Å²) in [5.74, 6) is 0. The fourth-order valence-corrected chi connectivity index (χ4v) is 2.17. The molecule has 5 atom stereocenters. The first kappa shape index (κ1) is 10.4. The highest BCUT2D eigenvalue weighted by Crippen LogP contribution is 2.41. The van der Waals surface area contributed by atoms with Gasteiger partial charge in [0.25, 0.3) is 0 Å². The largest absolute Gasteiger partial charge is 0.382 e. The van der Waals surface area contributed by atoms with Crippen LogP contribution < -0.4 is 0 Å². The van der Waals surface area contributed by atoms with Crippen molar-refractivity contribution in [2.24, 2.45) is 0 Å². The second kappa shape index (κ2) is 3.49. The van der Waals surface area contributed by atoms with E-state index in [0.717, 1.165) is 0 Å². The molecule has 4 nitrogen and oxygen atoms in total. The number of fused-ring (bicyclic) bond motifs is 1. The van der Waals surface area contributed by atoms with Crippen molar-refractivity contribution in [3.63, 3.8) is 0 Å². The van der Waals surface area contributed by atoms with E-state index in [2.05, 4.69) is 0 Å². The first-order valence-electron chi connectivity index (χ1n) is 4.81. The van der Waals surface area contributed by atoms with Crippen molar-refractivity contribution in [3.8, 4) is 0 Å². The summed E-state index contributed by atoms with van der Waals surface area (Å²) in [5, 5.41) is 0. The minimum absolute atomic E-state index is 0.132. The monoisotopic (exact) mass is 198 g/mol. The first-order chi connectivity index (χ1) is 6.58. The molecule has 0 aromatic heterocycles. The van der Waals surface area contributed by atoms with Gasteiger partial charge in [-0.3, -0.25) is 0 Å². The van der Waals surface area contributed by atoms with E-state index in [0.29, 0.717) is 6.61 Å². The van der Waals surface area contributed by atoms with E-state index in [1.165, 1.54) is 0 Å². The zero-order chi connectivity index (χ0) is 10.3. The van der Waals surface area contributed by atoms with Gasteiger partial charge in [-0.1, -0.05) is 0 Å². The van der Waals surface area contributed by atoms with Crippen LogP contribution in [-0.4, -0.2) is 51.7 Å². The zero-order valence-corrected chi connectivity index (χ0v) is 8.73. The summed E-state index contributed by atoms with van der Waals surface area (Å²) in [4.78, 5) is 0. The predicted molar refractivity (Wildman–Crippen MR) is 50.1 cm³/mol. The molecule has 2 heterocycles. The summed E-state index contributed by atoms with van der Waals surface area (Å²) in [6.45, 7) is 4.26. The zero-order valence-electron chi connectivity index (χ0n) is 8.73. The van der Waals surface area contributed by atoms with Gasteiger partial charge < -0.3 is 18.9 Å². The fourth-order valence-electron chi connectivity index (χ4n) is 2.17. The third kappa shape index (κ3) is 1.39. The summed E-state index contributed by atoms with van der Waals surface area (Å²) in [5.41, 5.74) is -0.539. The van der Waals surface area contributed by atoms with Crippen LogP contribution in [0.1, 0.15) is 13.8 Å². The first-order valence-corrected chi connectivity index (χ1v) is 4.81. The van der Waals surface area contributed by atoms with E-state index in [4.69, 9.17) is 26.8 Å². The van der Waals surface area contributed by atoms with Gasteiger partial charge in [-0.25, -0.2) is 0 Å². The van der Waals surface area contributed by atoms with Crippen LogP contribution in [0, 0.1) is 0 Å². The molecular weight excluding hydrogens is 183 g/mol. The molecule has 2 aliphatic rings. The van der Waals surface area contributed by atoms with Crippen molar-refractivity contribution in [2.75, 3.05) is 13.7 Å². The van der Waals surface area contributed by atoms with Gasteiger partial charge in [0.15, 0.2) is 6.29 Å². The molecule has 2 fully saturated rings. The highest BCUT2D eigenvalue weighted by atomic mass is 16.8. The molecular formula is C9H15BO4. The van der Waals surface area contributed by atoms with Gasteiger partial charge in [0.05, 0.1) is 6.61 Å². The topological polar surface area (TPSA) is 36.9 Å². The lowest BCUT2D eigenvalue weighted by molar-refractivity contribution is -0.129. The lowest BCUT2D eigenvalue weighted by Gasteiger charge is -2.24. The van der Waals surface area contributed by atoms with Crippen LogP contribution >= 0.6 is 0 Å². The standard InChI is InChI=1S/C9H15BO4/c1-5-12-7-6(4-11-3)13-8(10)9(7,2)14-5/h5-8H,4H2,1-3H3/t5?,6-,7-,8-,9-/m1/s1. The molecule has 2 radical (unpaired) electrons. The van der Waals surface area contributed by atoms with E-state index in [1.54, 1.807) is 7.11 Å². The molecule has 0 bridgehead atoms. The molecule has 1 unspecified atom stereocenters. The molecule has 2 rings (SSSR count). The van der Waals surface area contributed by atoms with Gasteiger partial charge in [-0.05, 0) is 13.8 Å². The van der Waals surface area contributed by atoms with Crippen molar-refractivity contribution < 1.29 is 18.9 Å². The Morgan fingerprint density at radius 2 is 2.14 bits per heavy atom. The maximum absolute atomic E-state index is 5.85. The quantitative estimate of drug-likeness (QED) is 0.587. The average molecular weight is 198 g/mol. The molecule has 0 spiro atoms. The van der Waals surface area contributed by atoms with E-state index in [-0.39, 0.29) is 18.5 Å². The number of methoxy groups -OCH3 is 1. The summed E-state index contributed by atoms with van der Waals surface area (Å²) >= 11 is 0. The van der Waals surface area contributed by atoms with Crippen LogP contribution in [0.15, 0.2) is 0 Å². The minimum Gasteiger partial charge on any atom is -0.382 e. The Kier molecular flexibility index (Phi) is 2.60. The molecule has 0 saturated carbocycles. The summed E-state index contributed by atoms with van der Waals surface area (Å²) in [6, 6.07) is -0.447. The van der Waals surface area contributed by atoms with Crippen LogP contribution in [0.25, 0.3) is 0 Å². The van der Waals surface area contributed by atoms with Gasteiger partial charge in [-0.2, -0.15) is 0 Å². The van der Waals surface area contributed by atoms with Crippen LogP contribution in [0.3, 0.4) is 0 Å². The molecule has 14 heavy (non-hydrogen) atoms. The van der Waals surface area contributed by atoms with Crippen LogP contribution in [0.5, 0.6) is 0 Å². The van der Waals surface area contributed by atoms with Gasteiger partial charge in [0.1, 0.15) is 25.7 Å². The summed E-state index contributed by atoms with van der Waals surface area (Å²) < 4.78 is 21.8. The maximum Gasteiger partial charge on any atom is 0.156 e. The van der Waals surface area contributed by atoms with Gasteiger partial charge >= 0.3 is 0 Å². The summed E-state index contributed by atoms with van der Waals surface area (Å²) in [7, 11) is 7.48. The third-order valence-electron chi connectivity index (χ3n) is 2.88. The Hall–Kier alpha value is -0.0951. The normalized spacial score (nSPS) is 52.2. The molecule has 0 N–H and O–H groups in total. The second-order valence-corrected chi connectivity index (χ2v) is 3.98. The van der Waals surface area contributed by atoms with E-state index in [9.17, 15) is 0 Å².